The normalized spacial score (nSPS) is 16.9. The zero-order chi connectivity index (χ0) is 14.5. The molecule has 0 atom stereocenters. The Morgan fingerprint density at radius 3 is 2.55 bits per heavy atom. The Labute approximate surface area is 119 Å². The molecule has 5 heteroatoms. The molecule has 2 N–H and O–H groups in total. The van der Waals surface area contributed by atoms with Crippen molar-refractivity contribution in [1.82, 2.24) is 4.90 Å². The smallest absolute Gasteiger partial charge is 0.220 e. The van der Waals surface area contributed by atoms with Crippen LogP contribution in [-0.2, 0) is 11.3 Å². The number of methoxy groups -OCH3 is 2. The molecular formula is C15H22N2O3. The highest BCUT2D eigenvalue weighted by Crippen LogP contribution is 2.27. The number of hydrogen-bond acceptors (Lipinski definition) is 4. The van der Waals surface area contributed by atoms with E-state index in [0.29, 0.717) is 0 Å². The molecule has 0 aromatic heterocycles. The van der Waals surface area contributed by atoms with Crippen LogP contribution >= 0.6 is 0 Å². The van der Waals surface area contributed by atoms with Gasteiger partial charge >= 0.3 is 0 Å². The number of carbonyl (C=O) groups excluding carboxylic acids is 1. The van der Waals surface area contributed by atoms with Crippen molar-refractivity contribution in [2.45, 2.75) is 19.4 Å². The third kappa shape index (κ3) is 3.42. The highest BCUT2D eigenvalue weighted by molar-refractivity contribution is 5.76. The van der Waals surface area contributed by atoms with Gasteiger partial charge in [-0.15, -0.1) is 0 Å². The Hall–Kier alpha value is -1.75. The lowest BCUT2D eigenvalue weighted by atomic mass is 9.96. The lowest BCUT2D eigenvalue weighted by molar-refractivity contribution is -0.123. The zero-order valence-corrected chi connectivity index (χ0v) is 12.1. The minimum absolute atomic E-state index is 0.0315. The summed E-state index contributed by atoms with van der Waals surface area (Å²) in [7, 11) is 3.31. The summed E-state index contributed by atoms with van der Waals surface area (Å²) in [6, 6.07) is 5.86. The second-order valence-electron chi connectivity index (χ2n) is 5.13. The van der Waals surface area contributed by atoms with Crippen LogP contribution in [0, 0.1) is 5.92 Å². The quantitative estimate of drug-likeness (QED) is 0.884. The molecule has 1 amide bonds. The van der Waals surface area contributed by atoms with E-state index < -0.39 is 0 Å². The van der Waals surface area contributed by atoms with Crippen LogP contribution in [0.15, 0.2) is 18.2 Å². The zero-order valence-electron chi connectivity index (χ0n) is 12.1. The molecule has 2 rings (SSSR count). The van der Waals surface area contributed by atoms with Crippen molar-refractivity contribution in [3.05, 3.63) is 23.8 Å². The van der Waals surface area contributed by atoms with Crippen molar-refractivity contribution in [2.75, 3.05) is 27.3 Å². The van der Waals surface area contributed by atoms with Gasteiger partial charge in [-0.05, 0) is 32.0 Å². The molecule has 5 nitrogen and oxygen atoms in total. The van der Waals surface area contributed by atoms with Crippen LogP contribution in [0.3, 0.4) is 0 Å². The van der Waals surface area contributed by atoms with Gasteiger partial charge in [0.15, 0.2) is 0 Å². The molecule has 110 valence electrons. The van der Waals surface area contributed by atoms with Crippen LogP contribution in [0.1, 0.15) is 18.4 Å². The number of carbonyl (C=O) groups is 1. The topological polar surface area (TPSA) is 64.8 Å². The van der Waals surface area contributed by atoms with E-state index in [4.69, 9.17) is 15.2 Å². The summed E-state index contributed by atoms with van der Waals surface area (Å²) in [5.41, 5.74) is 6.48. The molecular weight excluding hydrogens is 256 g/mol. The third-order valence-corrected chi connectivity index (χ3v) is 3.88. The van der Waals surface area contributed by atoms with Crippen LogP contribution in [0.2, 0.25) is 0 Å². The molecule has 0 bridgehead atoms. The number of likely N-dealkylation sites (tertiary alicyclic amines) is 1. The average Bonchev–Trinajstić information content (AvgIpc) is 2.48. The first kappa shape index (κ1) is 14.7. The highest BCUT2D eigenvalue weighted by Gasteiger charge is 2.23. The fourth-order valence-corrected chi connectivity index (χ4v) is 2.60. The summed E-state index contributed by atoms with van der Waals surface area (Å²) in [4.78, 5) is 13.5. The predicted octanol–water partition coefficient (Wildman–Crippen LogP) is 1.40. The number of benzene rings is 1. The van der Waals surface area contributed by atoms with Crippen LogP contribution in [0.4, 0.5) is 0 Å². The van der Waals surface area contributed by atoms with Crippen molar-refractivity contribution < 1.29 is 14.3 Å². The Bertz CT molecular complexity index is 468. The number of hydrogen-bond donors (Lipinski definition) is 1. The van der Waals surface area contributed by atoms with E-state index in [0.717, 1.165) is 49.5 Å². The van der Waals surface area contributed by atoms with Gasteiger partial charge in [0.25, 0.3) is 0 Å². The lowest BCUT2D eigenvalue weighted by Crippen LogP contribution is -2.38. The van der Waals surface area contributed by atoms with Gasteiger partial charge in [-0.1, -0.05) is 6.07 Å². The number of rotatable bonds is 5. The van der Waals surface area contributed by atoms with Crippen LogP contribution < -0.4 is 15.2 Å². The first-order chi connectivity index (χ1) is 9.63. The lowest BCUT2D eigenvalue weighted by Gasteiger charge is -2.30. The fourth-order valence-electron chi connectivity index (χ4n) is 2.60. The monoisotopic (exact) mass is 278 g/mol. The number of piperidine rings is 1. The van der Waals surface area contributed by atoms with Crippen molar-refractivity contribution >= 4 is 5.91 Å². The van der Waals surface area contributed by atoms with Crippen molar-refractivity contribution in [3.63, 3.8) is 0 Å². The number of amides is 1. The van der Waals surface area contributed by atoms with E-state index in [1.165, 1.54) is 0 Å². The second-order valence-corrected chi connectivity index (χ2v) is 5.13. The van der Waals surface area contributed by atoms with Gasteiger partial charge in [-0.3, -0.25) is 9.69 Å². The van der Waals surface area contributed by atoms with E-state index >= 15 is 0 Å². The molecule has 1 aliphatic heterocycles. The number of nitrogens with two attached hydrogens (primary N) is 1. The van der Waals surface area contributed by atoms with Crippen LogP contribution in [0.25, 0.3) is 0 Å². The van der Waals surface area contributed by atoms with Gasteiger partial charge in [0.2, 0.25) is 5.91 Å². The molecule has 1 fully saturated rings. The maximum atomic E-state index is 11.2. The first-order valence-electron chi connectivity index (χ1n) is 6.86. The van der Waals surface area contributed by atoms with E-state index in [-0.39, 0.29) is 11.8 Å². The first-order valence-corrected chi connectivity index (χ1v) is 6.86. The Kier molecular flexibility index (Phi) is 4.84. The maximum Gasteiger partial charge on any atom is 0.220 e. The van der Waals surface area contributed by atoms with Gasteiger partial charge < -0.3 is 15.2 Å². The molecule has 0 unspecified atom stereocenters. The Morgan fingerprint density at radius 1 is 1.30 bits per heavy atom. The van der Waals surface area contributed by atoms with E-state index in [2.05, 4.69) is 4.90 Å². The molecule has 0 radical (unpaired) electrons. The molecule has 1 saturated heterocycles. The summed E-state index contributed by atoms with van der Waals surface area (Å²) in [6.45, 7) is 2.60. The largest absolute Gasteiger partial charge is 0.497 e. The van der Waals surface area contributed by atoms with Crippen molar-refractivity contribution in [2.24, 2.45) is 11.7 Å². The molecule has 1 aromatic carbocycles. The molecule has 0 aliphatic carbocycles. The number of ether oxygens (including phenoxy) is 2. The maximum absolute atomic E-state index is 11.2. The molecule has 0 saturated carbocycles. The standard InChI is InChI=1S/C15H22N2O3/c1-19-13-4-3-12(14(9-13)20-2)10-17-7-5-11(6-8-17)15(16)18/h3-4,9,11H,5-8,10H2,1-2H3,(H2,16,18). The van der Waals surface area contributed by atoms with Gasteiger partial charge in [0.05, 0.1) is 14.2 Å². The fraction of sp³-hybridized carbons (Fsp3) is 0.533. The van der Waals surface area contributed by atoms with E-state index in [1.54, 1.807) is 14.2 Å². The van der Waals surface area contributed by atoms with Gasteiger partial charge in [0, 0.05) is 24.1 Å². The van der Waals surface area contributed by atoms with Crippen molar-refractivity contribution in [3.8, 4) is 11.5 Å². The molecule has 1 heterocycles. The van der Waals surface area contributed by atoms with Gasteiger partial charge in [-0.2, -0.15) is 0 Å². The minimum atomic E-state index is -0.174. The summed E-state index contributed by atoms with van der Waals surface area (Å²) in [6.07, 6.45) is 1.68. The Morgan fingerprint density at radius 2 is 2.00 bits per heavy atom. The van der Waals surface area contributed by atoms with Gasteiger partial charge in [0.1, 0.15) is 11.5 Å². The Balaban J connectivity index is 1.99. The van der Waals surface area contributed by atoms with E-state index in [9.17, 15) is 4.79 Å². The van der Waals surface area contributed by atoms with Crippen LogP contribution in [-0.4, -0.2) is 38.1 Å². The number of nitrogens with zero attached hydrogens (tertiary/aromatic N) is 1. The summed E-state index contributed by atoms with van der Waals surface area (Å²) >= 11 is 0. The molecule has 1 aromatic rings. The average molecular weight is 278 g/mol. The number of primary amides is 1. The predicted molar refractivity (Wildman–Crippen MR) is 76.7 cm³/mol. The molecule has 1 aliphatic rings. The summed E-state index contributed by atoms with van der Waals surface area (Å²) in [5.74, 6) is 1.48. The second kappa shape index (κ2) is 6.61. The van der Waals surface area contributed by atoms with Crippen LogP contribution in [0.5, 0.6) is 11.5 Å². The minimum Gasteiger partial charge on any atom is -0.497 e. The van der Waals surface area contributed by atoms with E-state index in [1.807, 2.05) is 18.2 Å². The molecule has 0 spiro atoms. The molecule has 20 heavy (non-hydrogen) atoms. The third-order valence-electron chi connectivity index (χ3n) is 3.88. The van der Waals surface area contributed by atoms with Gasteiger partial charge in [-0.25, -0.2) is 0 Å². The summed E-state index contributed by atoms with van der Waals surface area (Å²) in [5, 5.41) is 0. The highest BCUT2D eigenvalue weighted by atomic mass is 16.5. The van der Waals surface area contributed by atoms with Crippen molar-refractivity contribution in [1.29, 1.82) is 0 Å². The SMILES string of the molecule is COc1ccc(CN2CCC(C(N)=O)CC2)c(OC)c1. The summed E-state index contributed by atoms with van der Waals surface area (Å²) < 4.78 is 10.6.